The zero-order chi connectivity index (χ0) is 17.4. The molecule has 0 spiro atoms. The van der Waals surface area contributed by atoms with Gasteiger partial charge in [-0.05, 0) is 43.4 Å². The summed E-state index contributed by atoms with van der Waals surface area (Å²) < 4.78 is 38.2. The number of anilines is 2. The quantitative estimate of drug-likeness (QED) is 0.917. The van der Waals surface area contributed by atoms with E-state index in [1.165, 1.54) is 5.56 Å². The summed E-state index contributed by atoms with van der Waals surface area (Å²) in [5.74, 6) is 0.830. The van der Waals surface area contributed by atoms with Gasteiger partial charge in [-0.1, -0.05) is 0 Å². The summed E-state index contributed by atoms with van der Waals surface area (Å²) in [6, 6.07) is 2.92. The van der Waals surface area contributed by atoms with Crippen LogP contribution < -0.4 is 10.2 Å². The van der Waals surface area contributed by atoms with Crippen LogP contribution in [0.2, 0.25) is 0 Å². The van der Waals surface area contributed by atoms with Gasteiger partial charge in [0.25, 0.3) is 0 Å². The summed E-state index contributed by atoms with van der Waals surface area (Å²) in [5.41, 5.74) is 1.39. The number of aryl methyl sites for hydroxylation is 2. The largest absolute Gasteiger partial charge is 0.433 e. The molecule has 0 aromatic carbocycles. The summed E-state index contributed by atoms with van der Waals surface area (Å²) in [6.07, 6.45) is 0.561. The highest BCUT2D eigenvalue weighted by atomic mass is 19.4. The predicted molar refractivity (Wildman–Crippen MR) is 85.3 cm³/mol. The van der Waals surface area contributed by atoms with Gasteiger partial charge in [-0.25, -0.2) is 9.97 Å². The van der Waals surface area contributed by atoms with Crippen LogP contribution in [0.25, 0.3) is 0 Å². The number of nitrogens with one attached hydrogen (secondary N) is 1. The Bertz CT molecular complexity index is 779. The van der Waals surface area contributed by atoms with E-state index in [-0.39, 0.29) is 12.0 Å². The molecule has 0 saturated carbocycles. The Labute approximate surface area is 142 Å². The number of nitrogens with zero attached hydrogens (tertiary/aromatic N) is 5. The molecule has 6 nitrogen and oxygen atoms in total. The minimum Gasteiger partial charge on any atom is -0.353 e. The van der Waals surface area contributed by atoms with E-state index in [2.05, 4.69) is 36.4 Å². The molecule has 0 radical (unpaired) electrons. The first-order valence-corrected chi connectivity index (χ1v) is 8.26. The molecule has 3 heterocycles. The van der Waals surface area contributed by atoms with Gasteiger partial charge in [0.1, 0.15) is 5.69 Å². The fraction of sp³-hybridized carbons (Fsp3) is 0.500. The van der Waals surface area contributed by atoms with E-state index in [0.29, 0.717) is 6.54 Å². The minimum atomic E-state index is -4.47. The molecule has 0 bridgehead atoms. The second-order valence-electron chi connectivity index (χ2n) is 6.37. The second kappa shape index (κ2) is 6.12. The van der Waals surface area contributed by atoms with E-state index in [1.807, 2.05) is 0 Å². The highest BCUT2D eigenvalue weighted by molar-refractivity contribution is 5.45. The Morgan fingerprint density at radius 2 is 2.08 bits per heavy atom. The monoisotopic (exact) mass is 350 g/mol. The SMILES string of the molecule is FC(F)(F)c1ccnc(NC2CCN(c3cc4c(nn3)CCC4)C2)n1. The van der Waals surface area contributed by atoms with Gasteiger partial charge >= 0.3 is 6.18 Å². The predicted octanol–water partition coefficient (Wildman–Crippen LogP) is 2.46. The number of hydrogen-bond donors (Lipinski definition) is 1. The molecule has 1 atom stereocenters. The van der Waals surface area contributed by atoms with Crippen molar-refractivity contribution >= 4 is 11.8 Å². The third kappa shape index (κ3) is 3.35. The van der Waals surface area contributed by atoms with E-state index in [4.69, 9.17) is 0 Å². The van der Waals surface area contributed by atoms with Crippen LogP contribution in [-0.4, -0.2) is 39.3 Å². The van der Waals surface area contributed by atoms with Crippen molar-refractivity contribution in [3.05, 3.63) is 35.3 Å². The van der Waals surface area contributed by atoms with E-state index in [1.54, 1.807) is 0 Å². The van der Waals surface area contributed by atoms with Crippen LogP contribution in [0.4, 0.5) is 24.9 Å². The molecule has 1 aliphatic heterocycles. The van der Waals surface area contributed by atoms with Crippen molar-refractivity contribution in [1.29, 1.82) is 0 Å². The molecular formula is C16H17F3N6. The Kier molecular flexibility index (Phi) is 3.93. The van der Waals surface area contributed by atoms with E-state index < -0.39 is 11.9 Å². The minimum absolute atomic E-state index is 0.00159. The van der Waals surface area contributed by atoms with E-state index >= 15 is 0 Å². The fourth-order valence-corrected chi connectivity index (χ4v) is 3.33. The lowest BCUT2D eigenvalue weighted by molar-refractivity contribution is -0.141. The second-order valence-corrected chi connectivity index (χ2v) is 6.37. The van der Waals surface area contributed by atoms with Crippen LogP contribution in [0.1, 0.15) is 29.8 Å². The first-order chi connectivity index (χ1) is 12.0. The van der Waals surface area contributed by atoms with Crippen molar-refractivity contribution in [2.45, 2.75) is 37.9 Å². The van der Waals surface area contributed by atoms with Crippen molar-refractivity contribution < 1.29 is 13.2 Å². The summed E-state index contributed by atoms with van der Waals surface area (Å²) in [7, 11) is 0. The first kappa shape index (κ1) is 16.0. The van der Waals surface area contributed by atoms with E-state index in [0.717, 1.165) is 56.0 Å². The van der Waals surface area contributed by atoms with Crippen LogP contribution >= 0.6 is 0 Å². The average molecular weight is 350 g/mol. The summed E-state index contributed by atoms with van der Waals surface area (Å²) >= 11 is 0. The molecule has 1 aliphatic carbocycles. The van der Waals surface area contributed by atoms with Crippen molar-refractivity contribution in [2.24, 2.45) is 0 Å². The maximum atomic E-state index is 12.7. The van der Waals surface area contributed by atoms with Gasteiger partial charge < -0.3 is 10.2 Å². The van der Waals surface area contributed by atoms with Crippen LogP contribution in [0.15, 0.2) is 18.3 Å². The van der Waals surface area contributed by atoms with Crippen molar-refractivity contribution in [3.8, 4) is 0 Å². The third-order valence-electron chi connectivity index (χ3n) is 4.60. The zero-order valence-corrected chi connectivity index (χ0v) is 13.4. The van der Waals surface area contributed by atoms with Crippen LogP contribution in [-0.2, 0) is 19.0 Å². The number of alkyl halides is 3. The Balaban J connectivity index is 1.43. The molecule has 0 amide bonds. The molecule has 9 heteroatoms. The molecule has 1 unspecified atom stereocenters. The zero-order valence-electron chi connectivity index (χ0n) is 13.4. The number of hydrogen-bond acceptors (Lipinski definition) is 6. The molecule has 2 aliphatic rings. The maximum Gasteiger partial charge on any atom is 0.433 e. The highest BCUT2D eigenvalue weighted by Crippen LogP contribution is 2.28. The lowest BCUT2D eigenvalue weighted by Crippen LogP contribution is -2.28. The van der Waals surface area contributed by atoms with Crippen LogP contribution in [0, 0.1) is 0 Å². The Morgan fingerprint density at radius 3 is 2.92 bits per heavy atom. The van der Waals surface area contributed by atoms with Crippen molar-refractivity contribution in [3.63, 3.8) is 0 Å². The molecular weight excluding hydrogens is 333 g/mol. The van der Waals surface area contributed by atoms with Gasteiger partial charge in [0, 0.05) is 25.3 Å². The van der Waals surface area contributed by atoms with Crippen molar-refractivity contribution in [2.75, 3.05) is 23.3 Å². The summed E-state index contributed by atoms with van der Waals surface area (Å²) in [6.45, 7) is 1.40. The molecule has 1 fully saturated rings. The first-order valence-electron chi connectivity index (χ1n) is 8.26. The molecule has 4 rings (SSSR count). The van der Waals surface area contributed by atoms with Crippen molar-refractivity contribution in [1.82, 2.24) is 20.2 Å². The fourth-order valence-electron chi connectivity index (χ4n) is 3.33. The van der Waals surface area contributed by atoms with Gasteiger partial charge in [0.2, 0.25) is 5.95 Å². The number of fused-ring (bicyclic) bond motifs is 1. The lowest BCUT2D eigenvalue weighted by Gasteiger charge is -2.18. The molecule has 2 aromatic rings. The molecule has 1 saturated heterocycles. The topological polar surface area (TPSA) is 66.8 Å². The number of rotatable bonds is 3. The van der Waals surface area contributed by atoms with E-state index in [9.17, 15) is 13.2 Å². The summed E-state index contributed by atoms with van der Waals surface area (Å²) in [5, 5.41) is 11.6. The number of halogens is 3. The Morgan fingerprint density at radius 1 is 1.20 bits per heavy atom. The molecule has 25 heavy (non-hydrogen) atoms. The van der Waals surface area contributed by atoms with Gasteiger partial charge in [-0.15, -0.1) is 5.10 Å². The van der Waals surface area contributed by atoms with Crippen LogP contribution in [0.3, 0.4) is 0 Å². The molecule has 132 valence electrons. The standard InChI is InChI=1S/C16H17F3N6/c17-16(18,19)13-4-6-20-15(22-13)21-11-5-7-25(9-11)14-8-10-2-1-3-12(10)23-24-14/h4,6,8,11H,1-3,5,7,9H2,(H,20,21,22). The summed E-state index contributed by atoms with van der Waals surface area (Å²) in [4.78, 5) is 9.55. The average Bonchev–Trinajstić information content (AvgIpc) is 3.22. The van der Waals surface area contributed by atoms with Gasteiger partial charge in [-0.3, -0.25) is 0 Å². The highest BCUT2D eigenvalue weighted by Gasteiger charge is 2.33. The van der Waals surface area contributed by atoms with Crippen LogP contribution in [0.5, 0.6) is 0 Å². The van der Waals surface area contributed by atoms with Gasteiger partial charge in [0.05, 0.1) is 5.69 Å². The number of aromatic nitrogens is 4. The third-order valence-corrected chi connectivity index (χ3v) is 4.60. The smallest absolute Gasteiger partial charge is 0.353 e. The lowest BCUT2D eigenvalue weighted by atomic mass is 10.2. The Hall–Kier alpha value is -2.45. The molecule has 2 aromatic heterocycles. The molecule has 1 N–H and O–H groups in total. The van der Waals surface area contributed by atoms with Gasteiger partial charge in [-0.2, -0.15) is 18.3 Å². The normalized spacial score (nSPS) is 20.0. The maximum absolute atomic E-state index is 12.7. The van der Waals surface area contributed by atoms with Gasteiger partial charge in [0.15, 0.2) is 5.82 Å².